The molecule has 1 fully saturated rings. The van der Waals surface area contributed by atoms with Gasteiger partial charge < -0.3 is 10.2 Å². The molecular weight excluding hydrogens is 276 g/mol. The van der Waals surface area contributed by atoms with Gasteiger partial charge in [0.25, 0.3) is 0 Å². The number of aliphatic hydroxyl groups is 2. The predicted octanol–water partition coefficient (Wildman–Crippen LogP) is 3.18. The Morgan fingerprint density at radius 3 is 2.42 bits per heavy atom. The molecule has 2 atom stereocenters. The largest absolute Gasteiger partial charge is 0.393 e. The Hall–Kier alpha value is -0.160. The third-order valence-electron chi connectivity index (χ3n) is 3.58. The fourth-order valence-corrected chi connectivity index (χ4v) is 5.36. The average molecular weight is 298 g/mol. The summed E-state index contributed by atoms with van der Waals surface area (Å²) in [4.78, 5) is 1.21. The minimum Gasteiger partial charge on any atom is -0.393 e. The Labute approximate surface area is 124 Å². The summed E-state index contributed by atoms with van der Waals surface area (Å²) in [6, 6.07) is 10.3. The van der Waals surface area contributed by atoms with Crippen LogP contribution in [0.15, 0.2) is 35.2 Å². The quantitative estimate of drug-likeness (QED) is 0.876. The Bertz CT molecular complexity index is 375. The Morgan fingerprint density at radius 1 is 1.21 bits per heavy atom. The normalized spacial score (nSPS) is 21.8. The first-order valence-electron chi connectivity index (χ1n) is 6.80. The lowest BCUT2D eigenvalue weighted by Crippen LogP contribution is -2.43. The Kier molecular flexibility index (Phi) is 5.63. The van der Waals surface area contributed by atoms with Crippen LogP contribution < -0.4 is 0 Å². The van der Waals surface area contributed by atoms with Crippen LogP contribution in [0, 0.1) is 0 Å². The van der Waals surface area contributed by atoms with Gasteiger partial charge in [0, 0.05) is 16.1 Å². The molecule has 1 aliphatic heterocycles. The molecule has 106 valence electrons. The molecule has 2 rings (SSSR count). The maximum atomic E-state index is 10.6. The molecule has 0 aromatic heterocycles. The van der Waals surface area contributed by atoms with Gasteiger partial charge in [0.1, 0.15) is 0 Å². The molecular formula is C15H22O2S2. The van der Waals surface area contributed by atoms with Crippen LogP contribution in [0.1, 0.15) is 26.2 Å². The second-order valence-corrected chi connectivity index (χ2v) is 7.91. The molecule has 19 heavy (non-hydrogen) atoms. The van der Waals surface area contributed by atoms with Crippen LogP contribution in [-0.4, -0.2) is 38.7 Å². The number of aliphatic hydroxyl groups excluding tert-OH is 2. The summed E-state index contributed by atoms with van der Waals surface area (Å²) in [7, 11) is 0. The molecule has 1 heterocycles. The molecule has 4 heteroatoms. The third-order valence-corrected chi connectivity index (χ3v) is 6.16. The van der Waals surface area contributed by atoms with Crippen molar-refractivity contribution in [1.29, 1.82) is 0 Å². The van der Waals surface area contributed by atoms with Crippen LogP contribution in [-0.2, 0) is 0 Å². The zero-order valence-corrected chi connectivity index (χ0v) is 12.9. The lowest BCUT2D eigenvalue weighted by Gasteiger charge is -2.41. The highest BCUT2D eigenvalue weighted by Crippen LogP contribution is 2.46. The van der Waals surface area contributed by atoms with Gasteiger partial charge in [-0.2, -0.15) is 11.8 Å². The van der Waals surface area contributed by atoms with Crippen molar-refractivity contribution in [3.05, 3.63) is 30.3 Å². The molecule has 0 saturated carbocycles. The van der Waals surface area contributed by atoms with Crippen molar-refractivity contribution in [2.75, 3.05) is 11.5 Å². The summed E-state index contributed by atoms with van der Waals surface area (Å²) in [5.74, 6) is 2.19. The van der Waals surface area contributed by atoms with Gasteiger partial charge in [-0.3, -0.25) is 0 Å². The van der Waals surface area contributed by atoms with Crippen molar-refractivity contribution in [2.45, 2.75) is 48.0 Å². The van der Waals surface area contributed by atoms with E-state index >= 15 is 0 Å². The van der Waals surface area contributed by atoms with E-state index < -0.39 is 12.2 Å². The summed E-state index contributed by atoms with van der Waals surface area (Å²) >= 11 is 3.74. The zero-order chi connectivity index (χ0) is 13.7. The number of hydrogen-bond donors (Lipinski definition) is 2. The van der Waals surface area contributed by atoms with Crippen LogP contribution in [0.2, 0.25) is 0 Å². The van der Waals surface area contributed by atoms with Crippen molar-refractivity contribution >= 4 is 23.5 Å². The van der Waals surface area contributed by atoms with Gasteiger partial charge in [-0.15, -0.1) is 11.8 Å². The first-order valence-corrected chi connectivity index (χ1v) is 8.77. The van der Waals surface area contributed by atoms with Crippen molar-refractivity contribution in [3.63, 3.8) is 0 Å². The van der Waals surface area contributed by atoms with E-state index in [-0.39, 0.29) is 4.75 Å². The first kappa shape index (κ1) is 15.2. The lowest BCUT2D eigenvalue weighted by molar-refractivity contribution is 0.0606. The van der Waals surface area contributed by atoms with E-state index in [9.17, 15) is 10.2 Å². The van der Waals surface area contributed by atoms with Crippen molar-refractivity contribution in [2.24, 2.45) is 0 Å². The number of rotatable bonds is 5. The standard InChI is InChI=1S/C15H22O2S2/c1-12(16)11-14(17)15(7-9-18-10-8-15)19-13-5-3-2-4-6-13/h2-6,12,14,16-17H,7-11H2,1H3/t12-,14-/m0/s1. The minimum atomic E-state index is -0.446. The highest BCUT2D eigenvalue weighted by atomic mass is 32.2. The molecule has 1 aliphatic rings. The highest BCUT2D eigenvalue weighted by molar-refractivity contribution is 8.01. The molecule has 0 radical (unpaired) electrons. The van der Waals surface area contributed by atoms with Gasteiger partial charge >= 0.3 is 0 Å². The molecule has 0 unspecified atom stereocenters. The maximum Gasteiger partial charge on any atom is 0.0715 e. The molecule has 1 saturated heterocycles. The monoisotopic (exact) mass is 298 g/mol. The van der Waals surface area contributed by atoms with E-state index in [0.29, 0.717) is 6.42 Å². The highest BCUT2D eigenvalue weighted by Gasteiger charge is 2.40. The molecule has 2 nitrogen and oxygen atoms in total. The third kappa shape index (κ3) is 4.15. The minimum absolute atomic E-state index is 0.135. The van der Waals surface area contributed by atoms with Gasteiger partial charge in [-0.1, -0.05) is 18.2 Å². The number of benzene rings is 1. The molecule has 0 bridgehead atoms. The zero-order valence-electron chi connectivity index (χ0n) is 11.3. The summed E-state index contributed by atoms with van der Waals surface area (Å²) in [5, 5.41) is 20.1. The van der Waals surface area contributed by atoms with E-state index in [1.165, 1.54) is 4.90 Å². The molecule has 0 spiro atoms. The summed E-state index contributed by atoms with van der Waals surface area (Å²) < 4.78 is -0.135. The fraction of sp³-hybridized carbons (Fsp3) is 0.600. The number of thioether (sulfide) groups is 2. The van der Waals surface area contributed by atoms with Crippen LogP contribution in [0.5, 0.6) is 0 Å². The second-order valence-electron chi connectivity index (χ2n) is 5.19. The van der Waals surface area contributed by atoms with Crippen LogP contribution in [0.3, 0.4) is 0 Å². The van der Waals surface area contributed by atoms with Gasteiger partial charge in [-0.25, -0.2) is 0 Å². The predicted molar refractivity (Wildman–Crippen MR) is 83.9 cm³/mol. The maximum absolute atomic E-state index is 10.6. The van der Waals surface area contributed by atoms with E-state index in [1.807, 2.05) is 30.0 Å². The smallest absolute Gasteiger partial charge is 0.0715 e. The van der Waals surface area contributed by atoms with Crippen LogP contribution in [0.4, 0.5) is 0 Å². The Morgan fingerprint density at radius 2 is 1.84 bits per heavy atom. The first-order chi connectivity index (χ1) is 9.12. The van der Waals surface area contributed by atoms with Gasteiger partial charge in [0.05, 0.1) is 12.2 Å². The van der Waals surface area contributed by atoms with Gasteiger partial charge in [0.15, 0.2) is 0 Å². The Balaban J connectivity index is 2.14. The van der Waals surface area contributed by atoms with E-state index in [0.717, 1.165) is 24.3 Å². The molecule has 0 amide bonds. The SMILES string of the molecule is C[C@H](O)C[C@H](O)C1(Sc2ccccc2)CCSCC1. The van der Waals surface area contributed by atoms with E-state index in [4.69, 9.17) is 0 Å². The number of hydrogen-bond acceptors (Lipinski definition) is 4. The van der Waals surface area contributed by atoms with Crippen LogP contribution >= 0.6 is 23.5 Å². The van der Waals surface area contributed by atoms with Crippen LogP contribution in [0.25, 0.3) is 0 Å². The fourth-order valence-electron chi connectivity index (χ4n) is 2.48. The molecule has 1 aromatic carbocycles. The van der Waals surface area contributed by atoms with Crippen molar-refractivity contribution < 1.29 is 10.2 Å². The molecule has 1 aromatic rings. The average Bonchev–Trinajstić information content (AvgIpc) is 2.40. The van der Waals surface area contributed by atoms with Crippen molar-refractivity contribution in [3.8, 4) is 0 Å². The topological polar surface area (TPSA) is 40.5 Å². The van der Waals surface area contributed by atoms with E-state index in [2.05, 4.69) is 12.1 Å². The van der Waals surface area contributed by atoms with Crippen molar-refractivity contribution in [1.82, 2.24) is 0 Å². The summed E-state index contributed by atoms with van der Waals surface area (Å²) in [6.45, 7) is 1.75. The second kappa shape index (κ2) is 7.02. The summed E-state index contributed by atoms with van der Waals surface area (Å²) in [5.41, 5.74) is 0. The van der Waals surface area contributed by atoms with Gasteiger partial charge in [-0.05, 0) is 43.4 Å². The molecule has 0 aliphatic carbocycles. The van der Waals surface area contributed by atoms with Gasteiger partial charge in [0.2, 0.25) is 0 Å². The summed E-state index contributed by atoms with van der Waals surface area (Å²) in [6.07, 6.45) is 1.58. The lowest BCUT2D eigenvalue weighted by atomic mass is 9.91. The molecule has 2 N–H and O–H groups in total. The van der Waals surface area contributed by atoms with E-state index in [1.54, 1.807) is 18.7 Å².